The van der Waals surface area contributed by atoms with Crippen LogP contribution in [-0.2, 0) is 16.0 Å². The number of rotatable bonds is 6. The first-order valence-corrected chi connectivity index (χ1v) is 7.12. The third-order valence-electron chi connectivity index (χ3n) is 3.35. The first-order chi connectivity index (χ1) is 9.87. The first kappa shape index (κ1) is 17.1. The fraction of sp³-hybridized carbons (Fsp3) is 0.600. The molecule has 0 aromatic carbocycles. The molecule has 21 heavy (non-hydrogen) atoms. The third kappa shape index (κ3) is 4.00. The molecule has 0 radical (unpaired) electrons. The summed E-state index contributed by atoms with van der Waals surface area (Å²) in [6.07, 6.45) is 1.85. The standard InChI is InChI=1S/C15H23N3O3/c1-6-8-15(4,14(20)21-5)16-13(19)11-9-10(3)17-18-12(11)7-2/h9H,6-8H2,1-5H3,(H,16,19). The number of methoxy groups -OCH3 is 1. The minimum Gasteiger partial charge on any atom is -0.467 e. The molecule has 1 aromatic rings. The summed E-state index contributed by atoms with van der Waals surface area (Å²) in [5, 5.41) is 10.8. The van der Waals surface area contributed by atoms with Crippen LogP contribution in [0.15, 0.2) is 6.07 Å². The molecule has 1 atom stereocenters. The summed E-state index contributed by atoms with van der Waals surface area (Å²) in [6.45, 7) is 7.30. The highest BCUT2D eigenvalue weighted by molar-refractivity contribution is 5.98. The zero-order valence-electron chi connectivity index (χ0n) is 13.3. The number of carbonyl (C=O) groups excluding carboxylic acids is 2. The first-order valence-electron chi connectivity index (χ1n) is 7.12. The van der Waals surface area contributed by atoms with E-state index in [1.54, 1.807) is 19.9 Å². The Balaban J connectivity index is 3.08. The van der Waals surface area contributed by atoms with Crippen molar-refractivity contribution < 1.29 is 14.3 Å². The predicted octanol–water partition coefficient (Wildman–Crippen LogP) is 1.81. The van der Waals surface area contributed by atoms with Crippen molar-refractivity contribution in [2.75, 3.05) is 7.11 Å². The Morgan fingerprint density at radius 2 is 2.00 bits per heavy atom. The maximum absolute atomic E-state index is 12.5. The van der Waals surface area contributed by atoms with Gasteiger partial charge in [0.1, 0.15) is 5.54 Å². The van der Waals surface area contributed by atoms with E-state index in [1.807, 2.05) is 13.8 Å². The SMILES string of the molecule is CCCC(C)(NC(=O)c1cc(C)nnc1CC)C(=O)OC. The number of ether oxygens (including phenoxy) is 1. The lowest BCUT2D eigenvalue weighted by molar-refractivity contribution is -0.147. The van der Waals surface area contributed by atoms with Crippen LogP contribution in [0.3, 0.4) is 0 Å². The van der Waals surface area contributed by atoms with Crippen LogP contribution >= 0.6 is 0 Å². The van der Waals surface area contributed by atoms with Crippen LogP contribution in [0, 0.1) is 6.92 Å². The number of aryl methyl sites for hydroxylation is 2. The highest BCUT2D eigenvalue weighted by Crippen LogP contribution is 2.17. The van der Waals surface area contributed by atoms with E-state index in [-0.39, 0.29) is 5.91 Å². The number of hydrogen-bond acceptors (Lipinski definition) is 5. The Morgan fingerprint density at radius 1 is 1.33 bits per heavy atom. The van der Waals surface area contributed by atoms with Gasteiger partial charge in [0, 0.05) is 0 Å². The number of esters is 1. The summed E-state index contributed by atoms with van der Waals surface area (Å²) in [4.78, 5) is 24.4. The average Bonchev–Trinajstić information content (AvgIpc) is 2.46. The molecule has 116 valence electrons. The van der Waals surface area contributed by atoms with Crippen LogP contribution in [0.5, 0.6) is 0 Å². The van der Waals surface area contributed by atoms with E-state index >= 15 is 0 Å². The lowest BCUT2D eigenvalue weighted by Crippen LogP contribution is -2.52. The topological polar surface area (TPSA) is 81.2 Å². The zero-order valence-corrected chi connectivity index (χ0v) is 13.3. The second-order valence-electron chi connectivity index (χ2n) is 5.23. The molecule has 0 aliphatic rings. The van der Waals surface area contributed by atoms with Gasteiger partial charge in [0.05, 0.1) is 24.1 Å². The fourth-order valence-electron chi connectivity index (χ4n) is 2.23. The summed E-state index contributed by atoms with van der Waals surface area (Å²) < 4.78 is 4.80. The molecule has 1 amide bonds. The van der Waals surface area contributed by atoms with Crippen molar-refractivity contribution in [2.24, 2.45) is 0 Å². The van der Waals surface area contributed by atoms with Crippen LogP contribution in [0.1, 0.15) is 55.4 Å². The van der Waals surface area contributed by atoms with E-state index in [0.717, 1.165) is 6.42 Å². The molecule has 0 aliphatic heterocycles. The molecular weight excluding hydrogens is 270 g/mol. The van der Waals surface area contributed by atoms with Gasteiger partial charge in [-0.05, 0) is 32.8 Å². The van der Waals surface area contributed by atoms with Gasteiger partial charge < -0.3 is 10.1 Å². The highest BCUT2D eigenvalue weighted by atomic mass is 16.5. The molecule has 0 saturated carbocycles. The van der Waals surface area contributed by atoms with E-state index in [1.165, 1.54) is 7.11 Å². The molecular formula is C15H23N3O3. The Morgan fingerprint density at radius 3 is 2.52 bits per heavy atom. The van der Waals surface area contributed by atoms with Crippen LogP contribution in [0.4, 0.5) is 0 Å². The number of amides is 1. The van der Waals surface area contributed by atoms with Crippen molar-refractivity contribution in [1.82, 2.24) is 15.5 Å². The lowest BCUT2D eigenvalue weighted by Gasteiger charge is -2.27. The van der Waals surface area contributed by atoms with Crippen LogP contribution < -0.4 is 5.32 Å². The lowest BCUT2D eigenvalue weighted by atomic mass is 9.95. The minimum absolute atomic E-state index is 0.328. The smallest absolute Gasteiger partial charge is 0.331 e. The summed E-state index contributed by atoms with van der Waals surface area (Å²) in [5.41, 5.74) is 0.689. The third-order valence-corrected chi connectivity index (χ3v) is 3.35. The Labute approximate surface area is 125 Å². The molecule has 0 spiro atoms. The van der Waals surface area contributed by atoms with E-state index in [2.05, 4.69) is 15.5 Å². The fourth-order valence-corrected chi connectivity index (χ4v) is 2.23. The Hall–Kier alpha value is -1.98. The maximum Gasteiger partial charge on any atom is 0.331 e. The molecule has 1 N–H and O–H groups in total. The van der Waals surface area contributed by atoms with E-state index in [4.69, 9.17) is 4.74 Å². The summed E-state index contributed by atoms with van der Waals surface area (Å²) in [7, 11) is 1.32. The predicted molar refractivity (Wildman–Crippen MR) is 78.9 cm³/mol. The van der Waals surface area contributed by atoms with Gasteiger partial charge in [0.25, 0.3) is 5.91 Å². The molecule has 0 bridgehead atoms. The van der Waals surface area contributed by atoms with Gasteiger partial charge in [0.15, 0.2) is 0 Å². The van der Waals surface area contributed by atoms with E-state index in [0.29, 0.717) is 29.8 Å². The molecule has 0 fully saturated rings. The maximum atomic E-state index is 12.5. The van der Waals surface area contributed by atoms with Crippen LogP contribution in [0.2, 0.25) is 0 Å². The van der Waals surface area contributed by atoms with Gasteiger partial charge in [-0.25, -0.2) is 4.79 Å². The second kappa shape index (κ2) is 7.15. The second-order valence-corrected chi connectivity index (χ2v) is 5.23. The monoisotopic (exact) mass is 293 g/mol. The van der Waals surface area contributed by atoms with Gasteiger partial charge in [-0.3, -0.25) is 4.79 Å². The molecule has 1 heterocycles. The average molecular weight is 293 g/mol. The Kier molecular flexibility index (Phi) is 5.81. The Bertz CT molecular complexity index is 531. The largest absolute Gasteiger partial charge is 0.467 e. The van der Waals surface area contributed by atoms with Gasteiger partial charge in [-0.1, -0.05) is 20.3 Å². The van der Waals surface area contributed by atoms with Crippen molar-refractivity contribution in [2.45, 2.75) is 52.5 Å². The molecule has 1 unspecified atom stereocenters. The molecule has 0 aliphatic carbocycles. The molecule has 6 nitrogen and oxygen atoms in total. The minimum atomic E-state index is -1.04. The number of carbonyl (C=O) groups is 2. The summed E-state index contributed by atoms with van der Waals surface area (Å²) in [6, 6.07) is 1.69. The van der Waals surface area contributed by atoms with Crippen molar-refractivity contribution >= 4 is 11.9 Å². The van der Waals surface area contributed by atoms with Gasteiger partial charge in [-0.15, -0.1) is 0 Å². The number of nitrogens with one attached hydrogen (secondary N) is 1. The zero-order chi connectivity index (χ0) is 16.0. The van der Waals surface area contributed by atoms with Crippen molar-refractivity contribution in [3.8, 4) is 0 Å². The molecule has 0 saturated heterocycles. The normalized spacial score (nSPS) is 13.4. The van der Waals surface area contributed by atoms with Crippen LogP contribution in [-0.4, -0.2) is 34.7 Å². The van der Waals surface area contributed by atoms with E-state index in [9.17, 15) is 9.59 Å². The van der Waals surface area contributed by atoms with Crippen molar-refractivity contribution in [3.05, 3.63) is 23.0 Å². The molecule has 6 heteroatoms. The number of nitrogens with zero attached hydrogens (tertiary/aromatic N) is 2. The van der Waals surface area contributed by atoms with Crippen molar-refractivity contribution in [3.63, 3.8) is 0 Å². The number of hydrogen-bond donors (Lipinski definition) is 1. The summed E-state index contributed by atoms with van der Waals surface area (Å²) in [5.74, 6) is -0.777. The molecule has 1 aromatic heterocycles. The van der Waals surface area contributed by atoms with Crippen LogP contribution in [0.25, 0.3) is 0 Å². The van der Waals surface area contributed by atoms with Gasteiger partial charge in [-0.2, -0.15) is 10.2 Å². The van der Waals surface area contributed by atoms with Gasteiger partial charge in [0.2, 0.25) is 0 Å². The highest BCUT2D eigenvalue weighted by Gasteiger charge is 2.35. The summed E-state index contributed by atoms with van der Waals surface area (Å²) >= 11 is 0. The van der Waals surface area contributed by atoms with Crippen molar-refractivity contribution in [1.29, 1.82) is 0 Å². The quantitative estimate of drug-likeness (QED) is 0.809. The van der Waals surface area contributed by atoms with E-state index < -0.39 is 11.5 Å². The van der Waals surface area contributed by atoms with Gasteiger partial charge >= 0.3 is 5.97 Å². The molecule has 1 rings (SSSR count). The number of aromatic nitrogens is 2.